The molecule has 0 spiro atoms. The summed E-state index contributed by atoms with van der Waals surface area (Å²) in [6.45, 7) is 6.12. The Morgan fingerprint density at radius 1 is 1.31 bits per heavy atom. The van der Waals surface area contributed by atoms with E-state index in [0.717, 1.165) is 42.3 Å². The third-order valence-corrected chi connectivity index (χ3v) is 8.23. The van der Waals surface area contributed by atoms with Crippen molar-refractivity contribution in [2.75, 3.05) is 0 Å². The molecule has 0 bridgehead atoms. The van der Waals surface area contributed by atoms with E-state index >= 15 is 0 Å². The zero-order valence-electron chi connectivity index (χ0n) is 17.0. The second kappa shape index (κ2) is 9.04. The van der Waals surface area contributed by atoms with Gasteiger partial charge in [0.2, 0.25) is 5.91 Å². The van der Waals surface area contributed by atoms with E-state index < -0.39 is 0 Å². The molecule has 29 heavy (non-hydrogen) atoms. The molecule has 0 radical (unpaired) electrons. The number of carbonyl (C=O) groups is 1. The highest BCUT2D eigenvalue weighted by Gasteiger charge is 2.25. The number of amides is 1. The molecule has 1 saturated carbocycles. The quantitative estimate of drug-likeness (QED) is 0.318. The second-order valence-corrected chi connectivity index (χ2v) is 10.5. The average molecular weight is 432 g/mol. The summed E-state index contributed by atoms with van der Waals surface area (Å²) in [5, 5.41) is 4.27. The van der Waals surface area contributed by atoms with Crippen LogP contribution in [-0.4, -0.2) is 26.8 Å². The first-order chi connectivity index (χ1) is 14.1. The van der Waals surface area contributed by atoms with Crippen molar-refractivity contribution < 1.29 is 4.79 Å². The average Bonchev–Trinajstić information content (AvgIpc) is 3.26. The number of rotatable bonds is 6. The van der Waals surface area contributed by atoms with E-state index in [2.05, 4.69) is 11.9 Å². The van der Waals surface area contributed by atoms with Gasteiger partial charge in [0.05, 0.1) is 10.6 Å². The number of allylic oxidation sites excluding steroid dienone is 1. The van der Waals surface area contributed by atoms with Gasteiger partial charge in [0.25, 0.3) is 5.56 Å². The Hall–Kier alpha value is -1.60. The first-order valence-electron chi connectivity index (χ1n) is 10.7. The lowest BCUT2D eigenvalue weighted by Crippen LogP contribution is -2.38. The maximum atomic E-state index is 13.4. The van der Waals surface area contributed by atoms with Crippen molar-refractivity contribution in [3.05, 3.63) is 33.4 Å². The lowest BCUT2D eigenvalue weighted by atomic mass is 10.1. The Bertz CT molecular complexity index is 973. The highest BCUT2D eigenvalue weighted by molar-refractivity contribution is 8.00. The minimum Gasteiger partial charge on any atom is -0.352 e. The molecule has 5 nitrogen and oxygen atoms in total. The summed E-state index contributed by atoms with van der Waals surface area (Å²) >= 11 is 3.05. The van der Waals surface area contributed by atoms with Crippen molar-refractivity contribution in [3.63, 3.8) is 0 Å². The van der Waals surface area contributed by atoms with Crippen molar-refractivity contribution in [1.82, 2.24) is 14.9 Å². The van der Waals surface area contributed by atoms with Gasteiger partial charge < -0.3 is 5.32 Å². The number of hydrogen-bond donors (Lipinski definition) is 1. The fourth-order valence-corrected chi connectivity index (χ4v) is 6.61. The molecule has 0 aliphatic heterocycles. The third kappa shape index (κ3) is 4.31. The molecule has 4 rings (SSSR count). The van der Waals surface area contributed by atoms with E-state index in [9.17, 15) is 9.59 Å². The Kier molecular flexibility index (Phi) is 6.44. The van der Waals surface area contributed by atoms with Crippen molar-refractivity contribution in [3.8, 4) is 0 Å². The van der Waals surface area contributed by atoms with Gasteiger partial charge in [-0.2, -0.15) is 0 Å². The monoisotopic (exact) mass is 431 g/mol. The summed E-state index contributed by atoms with van der Waals surface area (Å²) in [6.07, 6.45) is 11.8. The van der Waals surface area contributed by atoms with Crippen LogP contribution in [0.2, 0.25) is 0 Å². The molecule has 1 fully saturated rings. The molecular formula is C22H29N3O2S2. The molecule has 2 heterocycles. The van der Waals surface area contributed by atoms with Gasteiger partial charge >= 0.3 is 0 Å². The number of thioether (sulfide) groups is 1. The first kappa shape index (κ1) is 20.7. The van der Waals surface area contributed by atoms with Gasteiger partial charge in [0, 0.05) is 17.5 Å². The SMILES string of the molecule is C=CCn1c(SC(C)C(=O)NC2CCCC2)nc2sc3c(c2c1=O)CCCCC3. The molecule has 2 aromatic heterocycles. The molecule has 1 N–H and O–H groups in total. The van der Waals surface area contributed by atoms with Crippen LogP contribution in [0.25, 0.3) is 10.2 Å². The maximum Gasteiger partial charge on any atom is 0.263 e. The molecule has 1 atom stereocenters. The van der Waals surface area contributed by atoms with Crippen LogP contribution in [0.15, 0.2) is 22.6 Å². The molecule has 1 amide bonds. The molecule has 156 valence electrons. The zero-order chi connectivity index (χ0) is 20.4. The predicted octanol–water partition coefficient (Wildman–Crippen LogP) is 4.45. The van der Waals surface area contributed by atoms with Crippen LogP contribution in [-0.2, 0) is 24.2 Å². The van der Waals surface area contributed by atoms with Crippen LogP contribution in [0.1, 0.15) is 62.3 Å². The molecule has 2 aliphatic rings. The maximum absolute atomic E-state index is 13.4. The number of aromatic nitrogens is 2. The Morgan fingerprint density at radius 3 is 2.83 bits per heavy atom. The van der Waals surface area contributed by atoms with E-state index in [1.54, 1.807) is 22.0 Å². The van der Waals surface area contributed by atoms with Crippen LogP contribution in [0, 0.1) is 0 Å². The van der Waals surface area contributed by atoms with Crippen LogP contribution in [0.5, 0.6) is 0 Å². The predicted molar refractivity (Wildman–Crippen MR) is 121 cm³/mol. The summed E-state index contributed by atoms with van der Waals surface area (Å²) in [5.41, 5.74) is 1.22. The number of aryl methyl sites for hydroxylation is 2. The van der Waals surface area contributed by atoms with Crippen LogP contribution in [0.4, 0.5) is 0 Å². The number of fused-ring (bicyclic) bond motifs is 3. The molecule has 1 unspecified atom stereocenters. The highest BCUT2D eigenvalue weighted by Crippen LogP contribution is 2.34. The normalized spacial score (nSPS) is 18.4. The number of nitrogens with zero attached hydrogens (tertiary/aromatic N) is 2. The van der Waals surface area contributed by atoms with E-state index in [1.165, 1.54) is 47.9 Å². The van der Waals surface area contributed by atoms with Gasteiger partial charge in [-0.25, -0.2) is 4.98 Å². The number of nitrogens with one attached hydrogen (secondary N) is 1. The Morgan fingerprint density at radius 2 is 2.07 bits per heavy atom. The topological polar surface area (TPSA) is 64.0 Å². The smallest absolute Gasteiger partial charge is 0.263 e. The fourth-order valence-electron chi connectivity index (χ4n) is 4.38. The van der Waals surface area contributed by atoms with Crippen LogP contribution in [0.3, 0.4) is 0 Å². The van der Waals surface area contributed by atoms with Gasteiger partial charge in [0.1, 0.15) is 4.83 Å². The van der Waals surface area contributed by atoms with Gasteiger partial charge in [-0.3, -0.25) is 14.2 Å². The standard InChI is InChI=1S/C22H29N3O2S2/c1-3-13-25-21(27)18-16-11-5-4-6-12-17(16)29-20(18)24-22(25)28-14(2)19(26)23-15-9-7-8-10-15/h3,14-15H,1,4-13H2,2H3,(H,23,26). The summed E-state index contributed by atoms with van der Waals surface area (Å²) in [5.74, 6) is 0.0309. The van der Waals surface area contributed by atoms with Crippen molar-refractivity contribution in [2.45, 2.75) is 87.7 Å². The van der Waals surface area contributed by atoms with Crippen molar-refractivity contribution >= 4 is 39.2 Å². The minimum absolute atomic E-state index is 0.0141. The second-order valence-electron chi connectivity index (χ2n) is 8.09. The zero-order valence-corrected chi connectivity index (χ0v) is 18.7. The minimum atomic E-state index is -0.297. The summed E-state index contributed by atoms with van der Waals surface area (Å²) in [4.78, 5) is 33.0. The molecule has 2 aromatic rings. The summed E-state index contributed by atoms with van der Waals surface area (Å²) < 4.78 is 1.69. The van der Waals surface area contributed by atoms with Crippen LogP contribution < -0.4 is 10.9 Å². The van der Waals surface area contributed by atoms with Crippen molar-refractivity contribution in [1.29, 1.82) is 0 Å². The van der Waals surface area contributed by atoms with Crippen LogP contribution >= 0.6 is 23.1 Å². The Labute approximate surface area is 180 Å². The third-order valence-electron chi connectivity index (χ3n) is 5.95. The van der Waals surface area contributed by atoms with Crippen molar-refractivity contribution in [2.24, 2.45) is 0 Å². The number of thiophene rings is 1. The number of hydrogen-bond acceptors (Lipinski definition) is 5. The first-order valence-corrected chi connectivity index (χ1v) is 12.4. The largest absolute Gasteiger partial charge is 0.352 e. The molecule has 0 aromatic carbocycles. The lowest BCUT2D eigenvalue weighted by molar-refractivity contribution is -0.120. The van der Waals surface area contributed by atoms with E-state index in [1.807, 2.05) is 6.92 Å². The van der Waals surface area contributed by atoms with E-state index in [-0.39, 0.29) is 16.7 Å². The van der Waals surface area contributed by atoms with Gasteiger partial charge in [-0.15, -0.1) is 17.9 Å². The van der Waals surface area contributed by atoms with Gasteiger partial charge in [0.15, 0.2) is 5.16 Å². The molecular weight excluding hydrogens is 402 g/mol. The van der Waals surface area contributed by atoms with E-state index in [4.69, 9.17) is 4.98 Å². The Balaban J connectivity index is 1.66. The molecule has 0 saturated heterocycles. The molecule has 2 aliphatic carbocycles. The fraction of sp³-hybridized carbons (Fsp3) is 0.591. The van der Waals surface area contributed by atoms with Gasteiger partial charge in [-0.1, -0.05) is 37.1 Å². The summed E-state index contributed by atoms with van der Waals surface area (Å²) in [7, 11) is 0. The van der Waals surface area contributed by atoms with E-state index in [0.29, 0.717) is 17.7 Å². The number of carbonyl (C=O) groups excluding carboxylic acids is 1. The van der Waals surface area contributed by atoms with Gasteiger partial charge in [-0.05, 0) is 51.0 Å². The molecule has 7 heteroatoms. The lowest BCUT2D eigenvalue weighted by Gasteiger charge is -2.17. The summed E-state index contributed by atoms with van der Waals surface area (Å²) in [6, 6.07) is 0.296. The highest BCUT2D eigenvalue weighted by atomic mass is 32.2.